The number of aromatic carboxylic acids is 1. The van der Waals surface area contributed by atoms with Gasteiger partial charge in [0.25, 0.3) is 0 Å². The van der Waals surface area contributed by atoms with Crippen LogP contribution >= 0.6 is 0 Å². The van der Waals surface area contributed by atoms with Gasteiger partial charge in [0.2, 0.25) is 5.43 Å². The molecule has 1 aliphatic heterocycles. The molecule has 0 spiro atoms. The largest absolute Gasteiger partial charge is 0.477 e. The molecule has 0 bridgehead atoms. The van der Waals surface area contributed by atoms with E-state index in [-0.39, 0.29) is 23.2 Å². The number of nitrogens with one attached hydrogen (secondary N) is 1. The number of hydrogen-bond donors (Lipinski definition) is 3. The van der Waals surface area contributed by atoms with Gasteiger partial charge in [-0.2, -0.15) is 0 Å². The summed E-state index contributed by atoms with van der Waals surface area (Å²) in [4.78, 5) is 24.9. The zero-order valence-electron chi connectivity index (χ0n) is 13.4. The maximum absolute atomic E-state index is 15.1. The minimum atomic E-state index is -1.49. The number of nitrogens with zero attached hydrogens (tertiary/aromatic N) is 2. The first-order chi connectivity index (χ1) is 11.9. The molecule has 1 saturated heterocycles. The maximum atomic E-state index is 15.1. The number of carboxylic acids is 1. The fourth-order valence-electron chi connectivity index (χ4n) is 3.32. The lowest BCUT2D eigenvalue weighted by atomic mass is 10.1. The van der Waals surface area contributed by atoms with Gasteiger partial charge in [-0.1, -0.05) is 0 Å². The zero-order chi connectivity index (χ0) is 18.3. The molecule has 25 heavy (non-hydrogen) atoms. The van der Waals surface area contributed by atoms with Crippen LogP contribution in [0.25, 0.3) is 10.9 Å². The molecule has 1 aromatic carbocycles. The Morgan fingerprint density at radius 2 is 2.16 bits per heavy atom. The molecule has 134 valence electrons. The number of aliphatic hydroxyl groups excluding tert-OH is 1. The number of carboxylic acid groups (broad SMARTS) is 1. The highest BCUT2D eigenvalue weighted by molar-refractivity contribution is 5.94. The minimum absolute atomic E-state index is 0.238. The second kappa shape index (κ2) is 6.32. The summed E-state index contributed by atoms with van der Waals surface area (Å²) in [5.41, 5.74) is 0.463. The molecule has 1 atom stereocenters. The van der Waals surface area contributed by atoms with Crippen molar-refractivity contribution in [3.05, 3.63) is 39.7 Å². The molecule has 0 amide bonds. The van der Waals surface area contributed by atoms with Crippen molar-refractivity contribution in [3.8, 4) is 0 Å². The van der Waals surface area contributed by atoms with E-state index in [1.807, 2.05) is 0 Å². The third-order valence-electron chi connectivity index (χ3n) is 4.50. The number of fused-ring (bicyclic) bond motifs is 1. The zero-order valence-corrected chi connectivity index (χ0v) is 13.4. The molecule has 1 aliphatic rings. The first-order valence-electron chi connectivity index (χ1n) is 7.76. The number of halogens is 2. The van der Waals surface area contributed by atoms with Gasteiger partial charge in [0.05, 0.1) is 18.0 Å². The lowest BCUT2D eigenvalue weighted by Crippen LogP contribution is -2.34. The molecule has 2 aromatic rings. The molecule has 0 unspecified atom stereocenters. The maximum Gasteiger partial charge on any atom is 0.341 e. The van der Waals surface area contributed by atoms with Crippen molar-refractivity contribution in [2.24, 2.45) is 0 Å². The van der Waals surface area contributed by atoms with Crippen LogP contribution in [0.15, 0.2) is 17.1 Å². The van der Waals surface area contributed by atoms with Gasteiger partial charge in [-0.05, 0) is 18.9 Å². The van der Waals surface area contributed by atoms with E-state index in [9.17, 15) is 19.1 Å². The quantitative estimate of drug-likeness (QED) is 0.762. The number of hydrogen-bond acceptors (Lipinski definition) is 5. The summed E-state index contributed by atoms with van der Waals surface area (Å²) in [5.74, 6) is -3.42. The van der Waals surface area contributed by atoms with Crippen molar-refractivity contribution in [1.82, 2.24) is 4.68 Å². The molecule has 2 heterocycles. The van der Waals surface area contributed by atoms with Crippen LogP contribution in [-0.2, 0) is 0 Å². The van der Waals surface area contributed by atoms with E-state index in [1.54, 1.807) is 0 Å². The number of benzene rings is 1. The Morgan fingerprint density at radius 1 is 1.44 bits per heavy atom. The fourth-order valence-corrected chi connectivity index (χ4v) is 3.32. The van der Waals surface area contributed by atoms with E-state index >= 15 is 4.39 Å². The van der Waals surface area contributed by atoms with Crippen LogP contribution < -0.4 is 15.8 Å². The van der Waals surface area contributed by atoms with Gasteiger partial charge in [-0.25, -0.2) is 13.6 Å². The van der Waals surface area contributed by atoms with Crippen molar-refractivity contribution in [2.45, 2.75) is 18.9 Å². The van der Waals surface area contributed by atoms with Crippen molar-refractivity contribution in [2.75, 3.05) is 30.5 Å². The summed E-state index contributed by atoms with van der Waals surface area (Å²) >= 11 is 0. The van der Waals surface area contributed by atoms with Crippen molar-refractivity contribution in [3.63, 3.8) is 0 Å². The van der Waals surface area contributed by atoms with Gasteiger partial charge in [-0.15, -0.1) is 0 Å². The van der Waals surface area contributed by atoms with Crippen LogP contribution in [0.1, 0.15) is 23.2 Å². The third-order valence-corrected chi connectivity index (χ3v) is 4.50. The van der Waals surface area contributed by atoms with Crippen LogP contribution in [0.2, 0.25) is 0 Å². The Morgan fingerprint density at radius 3 is 2.76 bits per heavy atom. The number of anilines is 1. The smallest absolute Gasteiger partial charge is 0.341 e. The Labute approximate surface area is 141 Å². The average Bonchev–Trinajstić information content (AvgIpc) is 3.03. The van der Waals surface area contributed by atoms with E-state index < -0.39 is 34.6 Å². The second-order valence-corrected chi connectivity index (χ2v) is 5.86. The van der Waals surface area contributed by atoms with Gasteiger partial charge in [0.1, 0.15) is 22.6 Å². The van der Waals surface area contributed by atoms with Crippen LogP contribution in [-0.4, -0.2) is 47.1 Å². The lowest BCUT2D eigenvalue weighted by Gasteiger charge is -2.27. The highest BCUT2D eigenvalue weighted by Gasteiger charge is 2.31. The Balaban J connectivity index is 2.35. The Hall–Kier alpha value is -2.68. The molecule has 3 N–H and O–H groups in total. The van der Waals surface area contributed by atoms with Gasteiger partial charge in [-0.3, -0.25) is 9.47 Å². The molecule has 7 nitrogen and oxygen atoms in total. The number of pyridine rings is 1. The summed E-state index contributed by atoms with van der Waals surface area (Å²) in [6.07, 6.45) is 2.24. The van der Waals surface area contributed by atoms with E-state index in [1.165, 1.54) is 11.9 Å². The fraction of sp³-hybridized carbons (Fsp3) is 0.375. The molecule has 0 saturated carbocycles. The molecular formula is C16H17F2N3O4. The van der Waals surface area contributed by atoms with E-state index in [0.717, 1.165) is 16.9 Å². The Kier molecular flexibility index (Phi) is 4.34. The predicted octanol–water partition coefficient (Wildman–Crippen LogP) is 1.11. The van der Waals surface area contributed by atoms with Crippen molar-refractivity contribution < 1.29 is 23.8 Å². The van der Waals surface area contributed by atoms with E-state index in [4.69, 9.17) is 5.11 Å². The molecule has 9 heteroatoms. The lowest BCUT2D eigenvalue weighted by molar-refractivity contribution is 0.0695. The highest BCUT2D eigenvalue weighted by atomic mass is 19.1. The van der Waals surface area contributed by atoms with Gasteiger partial charge < -0.3 is 20.5 Å². The average molecular weight is 353 g/mol. The highest BCUT2D eigenvalue weighted by Crippen LogP contribution is 2.34. The summed E-state index contributed by atoms with van der Waals surface area (Å²) in [7, 11) is 1.42. The molecule has 3 rings (SSSR count). The van der Waals surface area contributed by atoms with Crippen LogP contribution in [0.3, 0.4) is 0 Å². The van der Waals surface area contributed by atoms with Gasteiger partial charge in [0, 0.05) is 19.8 Å². The summed E-state index contributed by atoms with van der Waals surface area (Å²) in [6, 6.07) is 0.442. The molecule has 0 radical (unpaired) electrons. The normalized spacial score (nSPS) is 17.3. The standard InChI is InChI=1S/C16H17F2N3O4/c1-19-21-6-10(16(24)25)15(23)9-5-11(17)14(12(18)13(9)21)20-4-2-3-8(20)7-22/h5-6,8,19,22H,2-4,7H2,1H3,(H,24,25)/t8-/m0/s1. The predicted molar refractivity (Wildman–Crippen MR) is 87.8 cm³/mol. The summed E-state index contributed by atoms with van der Waals surface area (Å²) in [6.45, 7) is 0.134. The summed E-state index contributed by atoms with van der Waals surface area (Å²) in [5, 5.41) is 18.2. The SMILES string of the molecule is CNn1cc(C(=O)O)c(=O)c2cc(F)c(N3CCC[C@H]3CO)c(F)c21. The van der Waals surface area contributed by atoms with E-state index in [2.05, 4.69) is 5.43 Å². The second-order valence-electron chi connectivity index (χ2n) is 5.86. The van der Waals surface area contributed by atoms with Crippen LogP contribution in [0.5, 0.6) is 0 Å². The number of rotatable bonds is 4. The van der Waals surface area contributed by atoms with Crippen LogP contribution in [0.4, 0.5) is 14.5 Å². The number of aromatic nitrogens is 1. The molecule has 0 aliphatic carbocycles. The topological polar surface area (TPSA) is 94.8 Å². The molecular weight excluding hydrogens is 336 g/mol. The molecule has 1 aromatic heterocycles. The Bertz CT molecular complexity index is 913. The monoisotopic (exact) mass is 353 g/mol. The minimum Gasteiger partial charge on any atom is -0.477 e. The first-order valence-corrected chi connectivity index (χ1v) is 7.76. The van der Waals surface area contributed by atoms with Gasteiger partial charge >= 0.3 is 5.97 Å². The van der Waals surface area contributed by atoms with Crippen molar-refractivity contribution in [1.29, 1.82) is 0 Å². The first kappa shape index (κ1) is 17.2. The summed E-state index contributed by atoms with van der Waals surface area (Å²) < 4.78 is 30.8. The molecule has 1 fully saturated rings. The third kappa shape index (κ3) is 2.60. The van der Waals surface area contributed by atoms with Gasteiger partial charge in [0.15, 0.2) is 5.82 Å². The van der Waals surface area contributed by atoms with Crippen LogP contribution in [0, 0.1) is 11.6 Å². The number of aliphatic hydroxyl groups is 1. The van der Waals surface area contributed by atoms with Crippen molar-refractivity contribution >= 4 is 22.6 Å². The number of carbonyl (C=O) groups is 1. The van der Waals surface area contributed by atoms with E-state index in [0.29, 0.717) is 19.4 Å².